The third-order valence-electron chi connectivity index (χ3n) is 2.00. The van der Waals surface area contributed by atoms with Crippen molar-refractivity contribution in [1.29, 1.82) is 0 Å². The van der Waals surface area contributed by atoms with E-state index in [-0.39, 0.29) is 0 Å². The monoisotopic (exact) mass is 249 g/mol. The van der Waals surface area contributed by atoms with Gasteiger partial charge in [0.25, 0.3) is 6.43 Å². The van der Waals surface area contributed by atoms with Crippen molar-refractivity contribution in [3.05, 3.63) is 23.2 Å². The molecular formula is C11H14ClF2NO. The van der Waals surface area contributed by atoms with Gasteiger partial charge in [-0.1, -0.05) is 11.6 Å². The molecule has 0 spiro atoms. The summed E-state index contributed by atoms with van der Waals surface area (Å²) in [6.07, 6.45) is -2.41. The number of hydrogen-bond donors (Lipinski definition) is 1. The third-order valence-corrected chi connectivity index (χ3v) is 2.30. The van der Waals surface area contributed by atoms with Gasteiger partial charge in [-0.2, -0.15) is 0 Å². The van der Waals surface area contributed by atoms with Crippen LogP contribution >= 0.6 is 11.6 Å². The van der Waals surface area contributed by atoms with E-state index in [9.17, 15) is 8.78 Å². The van der Waals surface area contributed by atoms with Crippen molar-refractivity contribution >= 4 is 17.3 Å². The highest BCUT2D eigenvalue weighted by molar-refractivity contribution is 6.32. The summed E-state index contributed by atoms with van der Waals surface area (Å²) < 4.78 is 29.8. The highest BCUT2D eigenvalue weighted by Crippen LogP contribution is 2.28. The van der Waals surface area contributed by atoms with Gasteiger partial charge >= 0.3 is 0 Å². The molecule has 5 heteroatoms. The Morgan fingerprint density at radius 2 is 2.12 bits per heavy atom. The molecule has 0 radical (unpaired) electrons. The maximum absolute atomic E-state index is 12.3. The summed E-state index contributed by atoms with van der Waals surface area (Å²) in [5.74, 6) is 0.555. The molecule has 0 saturated heterocycles. The second-order valence-corrected chi connectivity index (χ2v) is 3.75. The highest BCUT2D eigenvalue weighted by Gasteiger charge is 2.14. The largest absolute Gasteiger partial charge is 0.492 e. The van der Waals surface area contributed by atoms with E-state index >= 15 is 0 Å². The van der Waals surface area contributed by atoms with E-state index in [4.69, 9.17) is 16.3 Å². The Morgan fingerprint density at radius 1 is 1.44 bits per heavy atom. The zero-order chi connectivity index (χ0) is 12.1. The van der Waals surface area contributed by atoms with Crippen LogP contribution in [0.5, 0.6) is 5.75 Å². The van der Waals surface area contributed by atoms with Gasteiger partial charge in [-0.15, -0.1) is 0 Å². The first kappa shape index (κ1) is 13.0. The van der Waals surface area contributed by atoms with E-state index in [1.807, 2.05) is 6.92 Å². The fraction of sp³-hybridized carbons (Fsp3) is 0.455. The molecule has 1 aromatic rings. The molecule has 0 aliphatic heterocycles. The van der Waals surface area contributed by atoms with Gasteiger partial charge in [-0.05, 0) is 32.0 Å². The summed E-state index contributed by atoms with van der Waals surface area (Å²) in [5, 5.41) is 3.07. The molecule has 0 heterocycles. The molecule has 1 rings (SSSR count). The summed E-state index contributed by atoms with van der Waals surface area (Å²) >= 11 is 5.92. The smallest absolute Gasteiger partial charge is 0.258 e. The lowest BCUT2D eigenvalue weighted by Gasteiger charge is -2.15. The van der Waals surface area contributed by atoms with Gasteiger partial charge in [0.2, 0.25) is 0 Å². The minimum absolute atomic E-state index is 0.410. The molecule has 1 N–H and O–H groups in total. The summed E-state index contributed by atoms with van der Waals surface area (Å²) in [6.45, 7) is 3.77. The maximum Gasteiger partial charge on any atom is 0.258 e. The standard InChI is InChI=1S/C11H14ClF2NO/c1-3-16-10-5-4-8(6-9(10)12)15-7(2)11(13)14/h4-7,11,15H,3H2,1-2H3. The summed E-state index contributed by atoms with van der Waals surface area (Å²) in [6, 6.07) is 3.99. The second-order valence-electron chi connectivity index (χ2n) is 3.35. The molecule has 0 saturated carbocycles. The van der Waals surface area contributed by atoms with Crippen LogP contribution in [0.15, 0.2) is 18.2 Å². The van der Waals surface area contributed by atoms with Crippen molar-refractivity contribution in [1.82, 2.24) is 0 Å². The summed E-state index contributed by atoms with van der Waals surface area (Å²) in [7, 11) is 0. The minimum Gasteiger partial charge on any atom is -0.492 e. The Hall–Kier alpha value is -1.03. The van der Waals surface area contributed by atoms with E-state index in [1.54, 1.807) is 18.2 Å². The third kappa shape index (κ3) is 3.52. The number of benzene rings is 1. The zero-order valence-corrected chi connectivity index (χ0v) is 9.89. The van der Waals surface area contributed by atoms with Crippen LogP contribution in [0.4, 0.5) is 14.5 Å². The molecule has 0 aliphatic rings. The van der Waals surface area contributed by atoms with Gasteiger partial charge in [0, 0.05) is 5.69 Å². The van der Waals surface area contributed by atoms with Crippen LogP contribution in [-0.2, 0) is 0 Å². The van der Waals surface area contributed by atoms with Crippen molar-refractivity contribution in [3.63, 3.8) is 0 Å². The molecule has 1 atom stereocenters. The Morgan fingerprint density at radius 3 is 2.62 bits per heavy atom. The first-order valence-electron chi connectivity index (χ1n) is 5.01. The molecular weight excluding hydrogens is 236 g/mol. The Labute approximate surface area is 98.6 Å². The number of ether oxygens (including phenoxy) is 1. The fourth-order valence-electron chi connectivity index (χ4n) is 1.19. The molecule has 2 nitrogen and oxygen atoms in total. The van der Waals surface area contributed by atoms with E-state index in [2.05, 4.69) is 5.32 Å². The SMILES string of the molecule is CCOc1ccc(NC(C)C(F)F)cc1Cl. The molecule has 90 valence electrons. The number of halogens is 3. The lowest BCUT2D eigenvalue weighted by atomic mass is 10.2. The number of anilines is 1. The number of rotatable bonds is 5. The van der Waals surface area contributed by atoms with Gasteiger partial charge in [0.15, 0.2) is 0 Å². The topological polar surface area (TPSA) is 21.3 Å². The Balaban J connectivity index is 2.73. The zero-order valence-electron chi connectivity index (χ0n) is 9.14. The molecule has 0 aliphatic carbocycles. The van der Waals surface area contributed by atoms with E-state index in [0.29, 0.717) is 23.1 Å². The Kier molecular flexibility index (Phi) is 4.80. The van der Waals surface area contributed by atoms with Crippen LogP contribution in [0.2, 0.25) is 5.02 Å². The van der Waals surface area contributed by atoms with Gasteiger partial charge in [0.05, 0.1) is 17.7 Å². The fourth-order valence-corrected chi connectivity index (χ4v) is 1.42. The van der Waals surface area contributed by atoms with E-state index < -0.39 is 12.5 Å². The average molecular weight is 250 g/mol. The van der Waals surface area contributed by atoms with Crippen molar-refractivity contribution in [2.24, 2.45) is 0 Å². The van der Waals surface area contributed by atoms with Crippen LogP contribution in [0.25, 0.3) is 0 Å². The molecule has 1 aromatic carbocycles. The van der Waals surface area contributed by atoms with Gasteiger partial charge in [-0.3, -0.25) is 0 Å². The molecule has 0 fully saturated rings. The Bertz CT molecular complexity index is 347. The summed E-state index contributed by atoms with van der Waals surface area (Å²) in [5.41, 5.74) is 0.557. The van der Waals surface area contributed by atoms with Crippen LogP contribution in [-0.4, -0.2) is 19.1 Å². The van der Waals surface area contributed by atoms with E-state index in [1.165, 1.54) is 6.92 Å². The number of alkyl halides is 2. The lowest BCUT2D eigenvalue weighted by Crippen LogP contribution is -2.23. The van der Waals surface area contributed by atoms with Crippen molar-refractivity contribution in [3.8, 4) is 5.75 Å². The average Bonchev–Trinajstić information content (AvgIpc) is 2.22. The highest BCUT2D eigenvalue weighted by atomic mass is 35.5. The molecule has 1 unspecified atom stereocenters. The molecule has 16 heavy (non-hydrogen) atoms. The minimum atomic E-state index is -2.41. The van der Waals surface area contributed by atoms with Crippen LogP contribution < -0.4 is 10.1 Å². The maximum atomic E-state index is 12.3. The first-order chi connectivity index (χ1) is 7.54. The van der Waals surface area contributed by atoms with E-state index in [0.717, 1.165) is 0 Å². The second kappa shape index (κ2) is 5.89. The first-order valence-corrected chi connectivity index (χ1v) is 5.39. The van der Waals surface area contributed by atoms with Crippen LogP contribution in [0, 0.1) is 0 Å². The predicted molar refractivity (Wildman–Crippen MR) is 61.7 cm³/mol. The van der Waals surface area contributed by atoms with Crippen molar-refractivity contribution in [2.75, 3.05) is 11.9 Å². The van der Waals surface area contributed by atoms with Gasteiger partial charge in [0.1, 0.15) is 5.75 Å². The van der Waals surface area contributed by atoms with Gasteiger partial charge in [-0.25, -0.2) is 8.78 Å². The predicted octanol–water partition coefficient (Wildman–Crippen LogP) is 3.80. The van der Waals surface area contributed by atoms with Gasteiger partial charge < -0.3 is 10.1 Å². The number of hydrogen-bond acceptors (Lipinski definition) is 2. The molecule has 0 aromatic heterocycles. The normalized spacial score (nSPS) is 12.6. The van der Waals surface area contributed by atoms with Crippen molar-refractivity contribution in [2.45, 2.75) is 26.3 Å². The lowest BCUT2D eigenvalue weighted by molar-refractivity contribution is 0.131. The van der Waals surface area contributed by atoms with Crippen molar-refractivity contribution < 1.29 is 13.5 Å². The summed E-state index contributed by atoms with van der Waals surface area (Å²) in [4.78, 5) is 0. The molecule has 0 amide bonds. The van der Waals surface area contributed by atoms with Crippen LogP contribution in [0.1, 0.15) is 13.8 Å². The van der Waals surface area contributed by atoms with Crippen LogP contribution in [0.3, 0.4) is 0 Å². The number of nitrogens with one attached hydrogen (secondary N) is 1. The molecule has 0 bridgehead atoms. The quantitative estimate of drug-likeness (QED) is 0.857.